The Bertz CT molecular complexity index is 118. The summed E-state index contributed by atoms with van der Waals surface area (Å²) in [6.45, 7) is 3.25. The largest absolute Gasteiger partial charge is 0.481 e. The molecule has 0 spiro atoms. The normalized spacial score (nSPS) is 4.41. The average Bonchev–Trinajstić information content (AvgIpc) is 1.54. The number of rotatable bonds is 0. The summed E-state index contributed by atoms with van der Waals surface area (Å²) in [5, 5.41) is 22.2. The molecule has 0 saturated carbocycles. The molecule has 0 fully saturated rings. The first-order chi connectivity index (χ1) is 5.20. The van der Waals surface area contributed by atoms with Crippen LogP contribution in [-0.4, -0.2) is 55.1 Å². The predicted octanol–water partition coefficient (Wildman–Crippen LogP) is -3.03. The van der Waals surface area contributed by atoms with Gasteiger partial charge in [-0.25, -0.2) is 0 Å². The van der Waals surface area contributed by atoms with Crippen molar-refractivity contribution in [2.75, 3.05) is 0 Å². The van der Waals surface area contributed by atoms with Gasteiger partial charge in [0, 0.05) is 58.5 Å². The van der Waals surface area contributed by atoms with Crippen molar-refractivity contribution in [1.82, 2.24) is 0 Å². The SMILES string of the molecule is CC(=O)O.CC(=O)O.CC(=O)O.O.O.O.O.[Ho]. The summed E-state index contributed by atoms with van der Waals surface area (Å²) in [5.74, 6) is -2.50. The smallest absolute Gasteiger partial charge is 0.300 e. The Morgan fingerprint density at radius 1 is 0.588 bits per heavy atom. The molecule has 0 amide bonds. The van der Waals surface area contributed by atoms with Crippen LogP contribution in [0.3, 0.4) is 0 Å². The minimum Gasteiger partial charge on any atom is -0.481 e. The van der Waals surface area contributed by atoms with Gasteiger partial charge in [-0.15, -0.1) is 0 Å². The van der Waals surface area contributed by atoms with Crippen molar-refractivity contribution in [1.29, 1.82) is 0 Å². The molecular weight excluding hydrogens is 397 g/mol. The summed E-state index contributed by atoms with van der Waals surface area (Å²) in [7, 11) is 0. The van der Waals surface area contributed by atoms with Crippen LogP contribution < -0.4 is 0 Å². The summed E-state index contributed by atoms with van der Waals surface area (Å²) >= 11 is 0. The third-order valence-electron chi connectivity index (χ3n) is 0. The summed E-state index contributed by atoms with van der Waals surface area (Å²) < 4.78 is 0. The van der Waals surface area contributed by atoms with E-state index in [0.29, 0.717) is 0 Å². The van der Waals surface area contributed by atoms with E-state index in [1.54, 1.807) is 0 Å². The molecule has 0 aromatic carbocycles. The molecule has 0 aromatic rings. The number of hydrogen-bond donors (Lipinski definition) is 3. The first kappa shape index (κ1) is 54.8. The number of carboxylic acid groups (broad SMARTS) is 3. The zero-order chi connectivity index (χ0) is 10.7. The van der Waals surface area contributed by atoms with E-state index in [-0.39, 0.29) is 59.6 Å². The zero-order valence-electron chi connectivity index (χ0n) is 9.37. The van der Waals surface area contributed by atoms with E-state index in [1.165, 1.54) is 0 Å². The minimum absolute atomic E-state index is 0. The van der Waals surface area contributed by atoms with Crippen LogP contribution in [-0.2, 0) is 14.4 Å². The van der Waals surface area contributed by atoms with Crippen molar-refractivity contribution < 1.29 is 89.3 Å². The molecule has 0 aromatic heterocycles. The van der Waals surface area contributed by atoms with Crippen LogP contribution >= 0.6 is 0 Å². The molecule has 1 radical (unpaired) electrons. The first-order valence-corrected chi connectivity index (χ1v) is 2.78. The van der Waals surface area contributed by atoms with Gasteiger partial charge in [0.2, 0.25) is 0 Å². The van der Waals surface area contributed by atoms with Crippen molar-refractivity contribution in [3.8, 4) is 0 Å². The maximum absolute atomic E-state index is 9.00. The third kappa shape index (κ3) is 11800. The molecule has 11 N–H and O–H groups in total. The maximum atomic E-state index is 9.00. The van der Waals surface area contributed by atoms with E-state index in [0.717, 1.165) is 20.8 Å². The van der Waals surface area contributed by atoms with Gasteiger partial charge in [-0.05, 0) is 0 Å². The quantitative estimate of drug-likeness (QED) is 0.346. The van der Waals surface area contributed by atoms with Crippen molar-refractivity contribution >= 4 is 17.9 Å². The van der Waals surface area contributed by atoms with Crippen molar-refractivity contribution in [3.63, 3.8) is 0 Å². The van der Waals surface area contributed by atoms with Gasteiger partial charge in [-0.2, -0.15) is 0 Å². The first-order valence-electron chi connectivity index (χ1n) is 2.78. The van der Waals surface area contributed by atoms with Gasteiger partial charge in [0.05, 0.1) is 0 Å². The van der Waals surface area contributed by atoms with Gasteiger partial charge in [-0.3, -0.25) is 14.4 Å². The monoisotopic (exact) mass is 417 g/mol. The summed E-state index contributed by atoms with van der Waals surface area (Å²) in [6.07, 6.45) is 0. The van der Waals surface area contributed by atoms with Gasteiger partial charge in [0.25, 0.3) is 17.9 Å². The molecule has 0 bridgehead atoms. The van der Waals surface area contributed by atoms with Crippen LogP contribution in [0.2, 0.25) is 0 Å². The second-order valence-electron chi connectivity index (χ2n) is 1.56. The zero-order valence-corrected chi connectivity index (χ0v) is 11.3. The van der Waals surface area contributed by atoms with Gasteiger partial charge >= 0.3 is 0 Å². The fourth-order valence-electron chi connectivity index (χ4n) is 0. The molecule has 0 unspecified atom stereocenters. The van der Waals surface area contributed by atoms with Gasteiger partial charge in [-0.1, -0.05) is 0 Å². The second kappa shape index (κ2) is 45.1. The summed E-state index contributed by atoms with van der Waals surface area (Å²) in [4.78, 5) is 27.0. The Hall–Kier alpha value is -0.490. The molecule has 17 heavy (non-hydrogen) atoms. The standard InChI is InChI=1S/3C2H4O2.Ho.4H2O/c3*1-2(3)4;;;;;/h3*1H3,(H,3,4);;4*1H2. The van der Waals surface area contributed by atoms with E-state index in [1.807, 2.05) is 0 Å². The second-order valence-corrected chi connectivity index (χ2v) is 1.56. The molecule has 0 heterocycles. The molecule has 0 aliphatic carbocycles. The van der Waals surface area contributed by atoms with Crippen molar-refractivity contribution in [2.24, 2.45) is 0 Å². The van der Waals surface area contributed by atoms with Crippen LogP contribution in [0.1, 0.15) is 20.8 Å². The minimum atomic E-state index is -0.833. The van der Waals surface area contributed by atoms with Crippen LogP contribution in [0.4, 0.5) is 0 Å². The fraction of sp³-hybridized carbons (Fsp3) is 0.500. The van der Waals surface area contributed by atoms with E-state index in [9.17, 15) is 0 Å². The van der Waals surface area contributed by atoms with Gasteiger partial charge in [0.1, 0.15) is 0 Å². The molecule has 0 saturated heterocycles. The number of carboxylic acids is 3. The molecule has 0 atom stereocenters. The van der Waals surface area contributed by atoms with E-state index in [2.05, 4.69) is 0 Å². The summed E-state index contributed by atoms with van der Waals surface area (Å²) in [5.41, 5.74) is 0. The fourth-order valence-corrected chi connectivity index (χ4v) is 0. The molecular formula is C6H20HoO10. The van der Waals surface area contributed by atoms with Crippen LogP contribution in [0.5, 0.6) is 0 Å². The van der Waals surface area contributed by atoms with Gasteiger partial charge < -0.3 is 37.2 Å². The molecule has 10 nitrogen and oxygen atoms in total. The topological polar surface area (TPSA) is 238 Å². The Labute approximate surface area is 127 Å². The number of hydrogen-bond acceptors (Lipinski definition) is 3. The molecule has 0 rings (SSSR count). The molecule has 0 aliphatic rings. The molecule has 0 aliphatic heterocycles. The van der Waals surface area contributed by atoms with Crippen molar-refractivity contribution in [2.45, 2.75) is 20.8 Å². The Morgan fingerprint density at radius 3 is 0.588 bits per heavy atom. The Balaban J connectivity index is -0.0000000104. The van der Waals surface area contributed by atoms with Crippen LogP contribution in [0, 0.1) is 37.7 Å². The maximum Gasteiger partial charge on any atom is 0.300 e. The van der Waals surface area contributed by atoms with E-state index in [4.69, 9.17) is 29.7 Å². The van der Waals surface area contributed by atoms with Gasteiger partial charge in [0.15, 0.2) is 0 Å². The predicted molar refractivity (Wildman–Crippen MR) is 54.4 cm³/mol. The molecule has 11 heteroatoms. The average molecular weight is 417 g/mol. The van der Waals surface area contributed by atoms with E-state index < -0.39 is 17.9 Å². The summed E-state index contributed by atoms with van der Waals surface area (Å²) in [6, 6.07) is 0. The Morgan fingerprint density at radius 2 is 0.588 bits per heavy atom. The Kier molecular flexibility index (Phi) is 145. The third-order valence-corrected chi connectivity index (χ3v) is 0. The van der Waals surface area contributed by atoms with Crippen LogP contribution in [0.15, 0.2) is 0 Å². The number of aliphatic carboxylic acids is 3. The van der Waals surface area contributed by atoms with Crippen molar-refractivity contribution in [3.05, 3.63) is 0 Å². The number of carbonyl (C=O) groups is 3. The van der Waals surface area contributed by atoms with E-state index >= 15 is 0 Å². The van der Waals surface area contributed by atoms with Crippen LogP contribution in [0.25, 0.3) is 0 Å². The molecule has 115 valence electrons.